The summed E-state index contributed by atoms with van der Waals surface area (Å²) < 4.78 is 61.1. The summed E-state index contributed by atoms with van der Waals surface area (Å²) in [6.07, 6.45) is -1.57. The van der Waals surface area contributed by atoms with Crippen LogP contribution in [0.25, 0.3) is 11.3 Å². The number of rotatable bonds is 5. The number of carbonyl (C=O) groups is 2. The molecule has 0 unspecified atom stereocenters. The molecule has 9 nitrogen and oxygen atoms in total. The van der Waals surface area contributed by atoms with Crippen molar-refractivity contribution in [2.75, 3.05) is 39.5 Å². The second-order valence-corrected chi connectivity index (χ2v) is 10.1. The molecule has 1 N–H and O–H groups in total. The van der Waals surface area contributed by atoms with Gasteiger partial charge in [-0.25, -0.2) is 0 Å². The molecule has 5 rings (SSSR count). The van der Waals surface area contributed by atoms with Gasteiger partial charge in [-0.05, 0) is 24.7 Å². The Morgan fingerprint density at radius 3 is 2.62 bits per heavy atom. The first kappa shape index (κ1) is 25.8. The average Bonchev–Trinajstić information content (AvgIpc) is 3.45. The van der Waals surface area contributed by atoms with E-state index < -0.39 is 29.5 Å². The summed E-state index contributed by atoms with van der Waals surface area (Å²) >= 11 is 0. The quantitative estimate of drug-likeness (QED) is 0.645. The number of likely N-dealkylation sites (tertiary alicyclic amines) is 1. The van der Waals surface area contributed by atoms with E-state index >= 15 is 0 Å². The van der Waals surface area contributed by atoms with E-state index in [1.165, 1.54) is 0 Å². The van der Waals surface area contributed by atoms with E-state index in [2.05, 4.69) is 10.4 Å². The summed E-state index contributed by atoms with van der Waals surface area (Å²) in [6, 6.07) is 0. The zero-order valence-electron chi connectivity index (χ0n) is 20.9. The van der Waals surface area contributed by atoms with Gasteiger partial charge >= 0.3 is 6.18 Å². The van der Waals surface area contributed by atoms with Crippen LogP contribution in [0.3, 0.4) is 0 Å². The number of fused-ring (bicyclic) bond motifs is 3. The second kappa shape index (κ2) is 10.1. The first-order chi connectivity index (χ1) is 17.6. The van der Waals surface area contributed by atoms with Gasteiger partial charge in [-0.3, -0.25) is 14.3 Å². The number of hydrogen-bond acceptors (Lipinski definition) is 6. The Balaban J connectivity index is 1.40. The minimum atomic E-state index is -4.81. The molecule has 0 radical (unpaired) electrons. The van der Waals surface area contributed by atoms with Gasteiger partial charge in [0.25, 0.3) is 5.91 Å². The third kappa shape index (κ3) is 5.26. The Labute approximate surface area is 212 Å². The zero-order chi connectivity index (χ0) is 26.3. The number of amides is 2. The maximum Gasteiger partial charge on any atom is 0.420 e. The van der Waals surface area contributed by atoms with Crippen molar-refractivity contribution in [2.45, 2.75) is 57.9 Å². The number of ether oxygens (including phenoxy) is 2. The fourth-order valence-electron chi connectivity index (χ4n) is 5.41. The number of piperidine rings is 1. The standard InChI is InChI=1S/C25H31F3N4O5/c1-14-9-19-20(22-18(14)12-32(30-22)11-16-3-5-31(6-4-16)15(2)33)21(25(26,27)28)23(37-19)24(34)29-10-17-13-35-7-8-36-17/h12,14,16-17H,3-11,13H2,1-2H3,(H,29,34)/t14-,17-/m1/s1. The molecule has 2 amide bonds. The van der Waals surface area contributed by atoms with Gasteiger partial charge in [-0.2, -0.15) is 18.3 Å². The number of halogens is 3. The van der Waals surface area contributed by atoms with Crippen molar-refractivity contribution >= 4 is 11.8 Å². The lowest BCUT2D eigenvalue weighted by Gasteiger charge is -2.31. The van der Waals surface area contributed by atoms with Crippen LogP contribution in [0.4, 0.5) is 13.2 Å². The number of aromatic nitrogens is 2. The van der Waals surface area contributed by atoms with Crippen molar-refractivity contribution in [1.29, 1.82) is 0 Å². The molecule has 37 heavy (non-hydrogen) atoms. The van der Waals surface area contributed by atoms with E-state index in [0.29, 0.717) is 38.4 Å². The lowest BCUT2D eigenvalue weighted by Crippen LogP contribution is -2.40. The van der Waals surface area contributed by atoms with Crippen molar-refractivity contribution in [2.24, 2.45) is 5.92 Å². The van der Waals surface area contributed by atoms with Crippen molar-refractivity contribution < 1.29 is 36.7 Å². The van der Waals surface area contributed by atoms with Gasteiger partial charge < -0.3 is 24.1 Å². The van der Waals surface area contributed by atoms with Crippen molar-refractivity contribution in [1.82, 2.24) is 20.0 Å². The van der Waals surface area contributed by atoms with Gasteiger partial charge in [0.15, 0.2) is 0 Å². The first-order valence-electron chi connectivity index (χ1n) is 12.7. The molecule has 4 heterocycles. The van der Waals surface area contributed by atoms with Crippen LogP contribution in [0, 0.1) is 5.92 Å². The summed E-state index contributed by atoms with van der Waals surface area (Å²) in [7, 11) is 0. The lowest BCUT2D eigenvalue weighted by atomic mass is 9.86. The molecular formula is C25H31F3N4O5. The van der Waals surface area contributed by atoms with Crippen LogP contribution in [0.2, 0.25) is 0 Å². The van der Waals surface area contributed by atoms with E-state index in [1.807, 2.05) is 13.1 Å². The Morgan fingerprint density at radius 1 is 1.22 bits per heavy atom. The molecule has 2 aromatic heterocycles. The highest BCUT2D eigenvalue weighted by Gasteiger charge is 2.46. The van der Waals surface area contributed by atoms with E-state index in [-0.39, 0.29) is 54.3 Å². The summed E-state index contributed by atoms with van der Waals surface area (Å²) in [4.78, 5) is 26.3. The number of alkyl halides is 3. The van der Waals surface area contributed by atoms with Crippen LogP contribution >= 0.6 is 0 Å². The molecule has 1 aliphatic carbocycles. The Kier molecular flexibility index (Phi) is 7.06. The van der Waals surface area contributed by atoms with Gasteiger partial charge in [-0.1, -0.05) is 6.92 Å². The predicted octanol–water partition coefficient (Wildman–Crippen LogP) is 3.23. The van der Waals surface area contributed by atoms with Crippen molar-refractivity contribution in [3.05, 3.63) is 28.8 Å². The number of carbonyl (C=O) groups excluding carboxylic acids is 2. The Hall–Kier alpha value is -2.86. The number of furan rings is 1. The van der Waals surface area contributed by atoms with E-state index in [9.17, 15) is 22.8 Å². The topological polar surface area (TPSA) is 98.8 Å². The van der Waals surface area contributed by atoms with Crippen molar-refractivity contribution in [3.8, 4) is 11.3 Å². The molecule has 2 aliphatic heterocycles. The predicted molar refractivity (Wildman–Crippen MR) is 125 cm³/mol. The zero-order valence-corrected chi connectivity index (χ0v) is 20.9. The van der Waals surface area contributed by atoms with E-state index in [0.717, 1.165) is 12.8 Å². The third-order valence-electron chi connectivity index (χ3n) is 7.40. The molecule has 3 aliphatic rings. The first-order valence-corrected chi connectivity index (χ1v) is 12.7. The van der Waals surface area contributed by atoms with E-state index in [1.54, 1.807) is 16.5 Å². The number of nitrogens with zero attached hydrogens (tertiary/aromatic N) is 3. The van der Waals surface area contributed by atoms with Crippen LogP contribution in [0.5, 0.6) is 0 Å². The monoisotopic (exact) mass is 524 g/mol. The van der Waals surface area contributed by atoms with Crippen LogP contribution in [0.15, 0.2) is 10.6 Å². The molecule has 0 aromatic carbocycles. The summed E-state index contributed by atoms with van der Waals surface area (Å²) in [6.45, 7) is 6.42. The van der Waals surface area contributed by atoms with E-state index in [4.69, 9.17) is 13.9 Å². The highest BCUT2D eigenvalue weighted by atomic mass is 19.4. The molecule has 202 valence electrons. The van der Waals surface area contributed by atoms with Crippen LogP contribution in [0.1, 0.15) is 60.0 Å². The maximum absolute atomic E-state index is 14.3. The van der Waals surface area contributed by atoms with Crippen LogP contribution in [-0.2, 0) is 33.4 Å². The van der Waals surface area contributed by atoms with Gasteiger partial charge in [0.05, 0.1) is 37.2 Å². The summed E-state index contributed by atoms with van der Waals surface area (Å²) in [5.74, 6) is -1.37. The molecule has 2 aromatic rings. The second-order valence-electron chi connectivity index (χ2n) is 10.1. The van der Waals surface area contributed by atoms with Gasteiger partial charge in [0.2, 0.25) is 11.7 Å². The summed E-state index contributed by atoms with van der Waals surface area (Å²) in [5, 5.41) is 7.07. The fourth-order valence-corrected chi connectivity index (χ4v) is 5.41. The molecule has 0 bridgehead atoms. The molecule has 2 atom stereocenters. The Morgan fingerprint density at radius 2 is 1.97 bits per heavy atom. The van der Waals surface area contributed by atoms with Gasteiger partial charge in [0.1, 0.15) is 11.3 Å². The molecule has 2 fully saturated rings. The highest BCUT2D eigenvalue weighted by Crippen LogP contribution is 2.48. The smallest absolute Gasteiger partial charge is 0.420 e. The minimum absolute atomic E-state index is 0.0141. The maximum atomic E-state index is 14.3. The van der Waals surface area contributed by atoms with Crippen molar-refractivity contribution in [3.63, 3.8) is 0 Å². The lowest BCUT2D eigenvalue weighted by molar-refractivity contribution is -0.138. The molecule has 2 saturated heterocycles. The normalized spacial score (nSPS) is 22.5. The SMILES string of the molecule is CC(=O)N1CCC(Cn2cc3c(n2)-c2c(oc(C(=O)NC[C@@H]4COCCO4)c2C(F)(F)F)C[C@H]3C)CC1. The fraction of sp³-hybridized carbons (Fsp3) is 0.640. The minimum Gasteiger partial charge on any atom is -0.455 e. The van der Waals surface area contributed by atoms with Crippen LogP contribution in [-0.4, -0.2) is 72.1 Å². The number of nitrogens with one attached hydrogen (secondary N) is 1. The molecule has 0 saturated carbocycles. The van der Waals surface area contributed by atoms with Gasteiger partial charge in [0, 0.05) is 51.3 Å². The van der Waals surface area contributed by atoms with Gasteiger partial charge in [-0.15, -0.1) is 0 Å². The average molecular weight is 525 g/mol. The highest BCUT2D eigenvalue weighted by molar-refractivity contribution is 5.96. The number of hydrogen-bond donors (Lipinski definition) is 1. The molecule has 0 spiro atoms. The molecular weight excluding hydrogens is 493 g/mol. The summed E-state index contributed by atoms with van der Waals surface area (Å²) in [5.41, 5.74) is -0.309. The van der Waals surface area contributed by atoms with Crippen LogP contribution < -0.4 is 5.32 Å². The molecule has 12 heteroatoms. The third-order valence-corrected chi connectivity index (χ3v) is 7.40. The Bertz CT molecular complexity index is 1160. The largest absolute Gasteiger partial charge is 0.455 e.